The maximum Gasteiger partial charge on any atom is 0.276 e. The van der Waals surface area contributed by atoms with E-state index in [1.165, 1.54) is 0 Å². The van der Waals surface area contributed by atoms with E-state index in [-0.39, 0.29) is 11.8 Å². The number of carbonyl (C=O) groups is 1. The molecule has 2 heterocycles. The number of hydrogen-bond donors (Lipinski definition) is 0. The highest BCUT2D eigenvalue weighted by Crippen LogP contribution is 2.18. The molecule has 0 spiro atoms. The summed E-state index contributed by atoms with van der Waals surface area (Å²) in [6.07, 6.45) is 0. The van der Waals surface area contributed by atoms with Gasteiger partial charge in [-0.15, -0.1) is 0 Å². The summed E-state index contributed by atoms with van der Waals surface area (Å²) >= 11 is 0. The van der Waals surface area contributed by atoms with Crippen molar-refractivity contribution in [2.45, 2.75) is 40.2 Å². The van der Waals surface area contributed by atoms with Crippen molar-refractivity contribution in [1.29, 1.82) is 0 Å². The average molecular weight is 352 g/mol. The predicted molar refractivity (Wildman–Crippen MR) is 99.4 cm³/mol. The molecule has 26 heavy (non-hydrogen) atoms. The smallest absolute Gasteiger partial charge is 0.276 e. The Kier molecular flexibility index (Phi) is 4.93. The molecule has 3 aromatic rings. The lowest BCUT2D eigenvalue weighted by Crippen LogP contribution is -2.26. The second-order valence-electron chi connectivity index (χ2n) is 6.94. The molecule has 0 radical (unpaired) electrons. The van der Waals surface area contributed by atoms with Crippen molar-refractivity contribution >= 4 is 5.91 Å². The molecule has 0 atom stereocenters. The minimum atomic E-state index is -0.155. The van der Waals surface area contributed by atoms with Crippen LogP contribution in [0.4, 0.5) is 0 Å². The quantitative estimate of drug-likeness (QED) is 0.699. The van der Waals surface area contributed by atoms with E-state index in [9.17, 15) is 4.79 Å². The van der Waals surface area contributed by atoms with E-state index in [4.69, 9.17) is 4.52 Å². The Hall–Kier alpha value is -2.89. The first-order valence-electron chi connectivity index (χ1n) is 8.70. The SMILES string of the molecule is Cc1cc(C)n(-c2cccc(CN(C)C(=O)c3cc(C(C)C)on3)c2)n1. The molecule has 0 aliphatic rings. The first-order chi connectivity index (χ1) is 12.3. The second kappa shape index (κ2) is 7.15. The lowest BCUT2D eigenvalue weighted by Gasteiger charge is -2.16. The third-order valence-corrected chi connectivity index (χ3v) is 4.25. The summed E-state index contributed by atoms with van der Waals surface area (Å²) in [5.74, 6) is 0.761. The maximum absolute atomic E-state index is 12.6. The molecule has 0 bridgehead atoms. The lowest BCUT2D eigenvalue weighted by atomic mass is 10.1. The summed E-state index contributed by atoms with van der Waals surface area (Å²) in [6.45, 7) is 8.49. The minimum Gasteiger partial charge on any atom is -0.360 e. The van der Waals surface area contributed by atoms with Gasteiger partial charge in [-0.3, -0.25) is 4.79 Å². The van der Waals surface area contributed by atoms with Crippen LogP contribution < -0.4 is 0 Å². The zero-order chi connectivity index (χ0) is 18.8. The van der Waals surface area contributed by atoms with Gasteiger partial charge in [0.1, 0.15) is 5.76 Å². The Morgan fingerprint density at radius 2 is 2.00 bits per heavy atom. The molecule has 0 unspecified atom stereocenters. The number of hydrogen-bond acceptors (Lipinski definition) is 4. The van der Waals surface area contributed by atoms with Crippen molar-refractivity contribution in [3.05, 3.63) is 64.8 Å². The number of amides is 1. The number of benzene rings is 1. The van der Waals surface area contributed by atoms with Crippen LogP contribution in [0.2, 0.25) is 0 Å². The average Bonchev–Trinajstić information content (AvgIpc) is 3.21. The molecule has 0 aliphatic heterocycles. The standard InChI is InChI=1S/C20H24N4O2/c1-13(2)19-11-18(22-26-19)20(25)23(5)12-16-7-6-8-17(10-16)24-15(4)9-14(3)21-24/h6-11,13H,12H2,1-5H3. The maximum atomic E-state index is 12.6. The van der Waals surface area contributed by atoms with Crippen molar-refractivity contribution in [3.63, 3.8) is 0 Å². The van der Waals surface area contributed by atoms with E-state index < -0.39 is 0 Å². The highest BCUT2D eigenvalue weighted by Gasteiger charge is 2.18. The Balaban J connectivity index is 1.76. The summed E-state index contributed by atoms with van der Waals surface area (Å²) in [4.78, 5) is 14.2. The molecule has 0 aliphatic carbocycles. The van der Waals surface area contributed by atoms with Crippen LogP contribution in [0.25, 0.3) is 5.69 Å². The fraction of sp³-hybridized carbons (Fsp3) is 0.350. The van der Waals surface area contributed by atoms with Gasteiger partial charge in [-0.1, -0.05) is 31.1 Å². The fourth-order valence-corrected chi connectivity index (χ4v) is 2.88. The van der Waals surface area contributed by atoms with Gasteiger partial charge in [0.25, 0.3) is 5.91 Å². The normalized spacial score (nSPS) is 11.2. The van der Waals surface area contributed by atoms with Crippen LogP contribution in [0, 0.1) is 13.8 Å². The van der Waals surface area contributed by atoms with E-state index in [0.29, 0.717) is 18.0 Å². The number of aryl methyl sites for hydroxylation is 2. The summed E-state index contributed by atoms with van der Waals surface area (Å²) < 4.78 is 7.14. The van der Waals surface area contributed by atoms with E-state index in [2.05, 4.69) is 10.3 Å². The van der Waals surface area contributed by atoms with Gasteiger partial charge in [0.15, 0.2) is 5.69 Å². The van der Waals surface area contributed by atoms with Crippen LogP contribution in [0.1, 0.15) is 53.0 Å². The lowest BCUT2D eigenvalue weighted by molar-refractivity contribution is 0.0774. The summed E-state index contributed by atoms with van der Waals surface area (Å²) in [5.41, 5.74) is 4.40. The van der Waals surface area contributed by atoms with Gasteiger partial charge >= 0.3 is 0 Å². The van der Waals surface area contributed by atoms with Crippen molar-refractivity contribution in [1.82, 2.24) is 19.8 Å². The van der Waals surface area contributed by atoms with Crippen molar-refractivity contribution in [2.75, 3.05) is 7.05 Å². The first-order valence-corrected chi connectivity index (χ1v) is 8.70. The van der Waals surface area contributed by atoms with E-state index in [0.717, 1.165) is 22.6 Å². The summed E-state index contributed by atoms with van der Waals surface area (Å²) in [7, 11) is 1.77. The zero-order valence-corrected chi connectivity index (χ0v) is 15.9. The first kappa shape index (κ1) is 17.9. The van der Waals surface area contributed by atoms with Gasteiger partial charge in [-0.25, -0.2) is 4.68 Å². The van der Waals surface area contributed by atoms with Crippen LogP contribution in [0.5, 0.6) is 0 Å². The third kappa shape index (κ3) is 3.69. The summed E-state index contributed by atoms with van der Waals surface area (Å²) in [5, 5.41) is 8.42. The van der Waals surface area contributed by atoms with Gasteiger partial charge < -0.3 is 9.42 Å². The van der Waals surface area contributed by atoms with Crippen LogP contribution in [0.15, 0.2) is 40.9 Å². The van der Waals surface area contributed by atoms with Gasteiger partial charge in [0, 0.05) is 31.3 Å². The predicted octanol–water partition coefficient (Wildman–Crippen LogP) is 3.87. The largest absolute Gasteiger partial charge is 0.360 e. The van der Waals surface area contributed by atoms with Crippen LogP contribution in [-0.2, 0) is 6.54 Å². The van der Waals surface area contributed by atoms with Gasteiger partial charge in [0.05, 0.1) is 11.4 Å². The zero-order valence-electron chi connectivity index (χ0n) is 15.9. The molecule has 0 N–H and O–H groups in total. The number of aromatic nitrogens is 3. The number of nitrogens with zero attached hydrogens (tertiary/aromatic N) is 4. The van der Waals surface area contributed by atoms with Crippen LogP contribution >= 0.6 is 0 Å². The second-order valence-corrected chi connectivity index (χ2v) is 6.94. The van der Waals surface area contributed by atoms with Gasteiger partial charge in [-0.05, 0) is 37.6 Å². The Bertz CT molecular complexity index is 924. The molecular formula is C20H24N4O2. The molecule has 2 aromatic heterocycles. The van der Waals surface area contributed by atoms with Crippen LogP contribution in [0.3, 0.4) is 0 Å². The molecule has 1 aromatic carbocycles. The number of rotatable bonds is 5. The minimum absolute atomic E-state index is 0.155. The molecule has 1 amide bonds. The Labute approximate surface area is 153 Å². The summed E-state index contributed by atoms with van der Waals surface area (Å²) in [6, 6.07) is 11.8. The highest BCUT2D eigenvalue weighted by molar-refractivity contribution is 5.92. The van der Waals surface area contributed by atoms with Crippen molar-refractivity contribution in [3.8, 4) is 5.69 Å². The highest BCUT2D eigenvalue weighted by atomic mass is 16.5. The van der Waals surface area contributed by atoms with Crippen molar-refractivity contribution < 1.29 is 9.32 Å². The van der Waals surface area contributed by atoms with E-state index >= 15 is 0 Å². The van der Waals surface area contributed by atoms with Crippen LogP contribution in [-0.4, -0.2) is 32.8 Å². The van der Waals surface area contributed by atoms with Crippen molar-refractivity contribution in [2.24, 2.45) is 0 Å². The monoisotopic (exact) mass is 352 g/mol. The molecule has 0 fully saturated rings. The molecular weight excluding hydrogens is 328 g/mol. The fourth-order valence-electron chi connectivity index (χ4n) is 2.88. The van der Waals surface area contributed by atoms with Gasteiger partial charge in [-0.2, -0.15) is 5.10 Å². The molecule has 136 valence electrons. The Morgan fingerprint density at radius 3 is 2.62 bits per heavy atom. The molecule has 0 saturated carbocycles. The molecule has 0 saturated heterocycles. The third-order valence-electron chi connectivity index (χ3n) is 4.25. The molecule has 6 nitrogen and oxygen atoms in total. The van der Waals surface area contributed by atoms with Gasteiger partial charge in [0.2, 0.25) is 0 Å². The van der Waals surface area contributed by atoms with E-state index in [1.807, 2.05) is 62.7 Å². The van der Waals surface area contributed by atoms with E-state index in [1.54, 1.807) is 18.0 Å². The molecule has 3 rings (SSSR count). The topological polar surface area (TPSA) is 64.2 Å². The number of carbonyl (C=O) groups excluding carboxylic acids is 1. The Morgan fingerprint density at radius 1 is 1.23 bits per heavy atom. The molecule has 6 heteroatoms.